The van der Waals surface area contributed by atoms with E-state index in [1.54, 1.807) is 0 Å². The molecule has 0 spiro atoms. The summed E-state index contributed by atoms with van der Waals surface area (Å²) in [6, 6.07) is 0. The molecule has 0 fully saturated rings. The number of carbonyl (C=O) groups is 1. The van der Waals surface area contributed by atoms with Crippen molar-refractivity contribution in [2.45, 2.75) is 187 Å². The number of unbranched alkanes of at least 4 members (excludes halogenated alkanes) is 19. The molecule has 0 rings (SSSR count). The number of hydrogen-bond donors (Lipinski definition) is 1. The van der Waals surface area contributed by atoms with Crippen molar-refractivity contribution in [3.8, 4) is 0 Å². The van der Waals surface area contributed by atoms with Gasteiger partial charge in [0, 0.05) is 13.0 Å². The van der Waals surface area contributed by atoms with Gasteiger partial charge in [-0.05, 0) is 57.8 Å². The number of esters is 1. The molecule has 1 unspecified atom stereocenters. The maximum Gasteiger partial charge on any atom is 0.305 e. The number of hydrogen-bond acceptors (Lipinski definition) is 4. The molecule has 4 nitrogen and oxygen atoms in total. The van der Waals surface area contributed by atoms with Gasteiger partial charge in [0.15, 0.2) is 0 Å². The highest BCUT2D eigenvalue weighted by molar-refractivity contribution is 5.69. The van der Waals surface area contributed by atoms with Gasteiger partial charge < -0.3 is 14.6 Å². The second-order valence-corrected chi connectivity index (χ2v) is 12.6. The summed E-state index contributed by atoms with van der Waals surface area (Å²) >= 11 is 0. The maximum absolute atomic E-state index is 12.1. The molecule has 262 valence electrons. The van der Waals surface area contributed by atoms with Crippen LogP contribution >= 0.6 is 0 Å². The average Bonchev–Trinajstić information content (AvgIpc) is 3.05. The third-order valence-electron chi connectivity index (χ3n) is 8.19. The Balaban J connectivity index is 3.53. The van der Waals surface area contributed by atoms with Crippen molar-refractivity contribution >= 4 is 5.97 Å². The van der Waals surface area contributed by atoms with E-state index in [2.05, 4.69) is 62.5 Å². The van der Waals surface area contributed by atoms with Gasteiger partial charge in [0.2, 0.25) is 0 Å². The predicted octanol–water partition coefficient (Wildman–Crippen LogP) is 12.3. The Morgan fingerprint density at radius 2 is 0.933 bits per heavy atom. The molecule has 0 aromatic heterocycles. The topological polar surface area (TPSA) is 55.8 Å². The number of allylic oxidation sites excluding steroid dienone is 8. The van der Waals surface area contributed by atoms with Crippen molar-refractivity contribution in [3.63, 3.8) is 0 Å². The molecule has 4 heteroatoms. The number of ether oxygens (including phenoxy) is 2. The molecule has 1 atom stereocenters. The summed E-state index contributed by atoms with van der Waals surface area (Å²) in [4.78, 5) is 12.1. The van der Waals surface area contributed by atoms with Gasteiger partial charge >= 0.3 is 5.97 Å². The first-order chi connectivity index (χ1) is 22.2. The van der Waals surface area contributed by atoms with E-state index in [0.717, 1.165) is 51.4 Å². The van der Waals surface area contributed by atoms with E-state index in [1.165, 1.54) is 109 Å². The van der Waals surface area contributed by atoms with E-state index in [-0.39, 0.29) is 19.2 Å². The van der Waals surface area contributed by atoms with Crippen molar-refractivity contribution in [3.05, 3.63) is 48.6 Å². The zero-order valence-corrected chi connectivity index (χ0v) is 29.9. The number of aliphatic hydroxyl groups is 1. The lowest BCUT2D eigenvalue weighted by molar-refractivity contribution is -0.149. The van der Waals surface area contributed by atoms with Gasteiger partial charge in [0.1, 0.15) is 12.7 Å². The lowest BCUT2D eigenvalue weighted by Crippen LogP contribution is -2.26. The molecule has 45 heavy (non-hydrogen) atoms. The van der Waals surface area contributed by atoms with Crippen LogP contribution in [-0.2, 0) is 14.3 Å². The quantitative estimate of drug-likeness (QED) is 0.0430. The Bertz CT molecular complexity index is 708. The molecule has 0 heterocycles. The average molecular weight is 631 g/mol. The fraction of sp³-hybridized carbons (Fsp3) is 0.780. The Kier molecular flexibility index (Phi) is 37.1. The summed E-state index contributed by atoms with van der Waals surface area (Å²) < 4.78 is 11.1. The SMILES string of the molecule is CCCCCC=CCC=CCC=CCC=CCCCCOC(CO)COC(=O)CCCCCCCCCCCCCCCCC. The van der Waals surface area contributed by atoms with Crippen LogP contribution in [0.3, 0.4) is 0 Å². The van der Waals surface area contributed by atoms with E-state index in [1.807, 2.05) is 0 Å². The van der Waals surface area contributed by atoms with Crippen LogP contribution in [0, 0.1) is 0 Å². The molecule has 0 aliphatic rings. The summed E-state index contributed by atoms with van der Waals surface area (Å²) in [5.74, 6) is -0.174. The Hall–Kier alpha value is -1.65. The summed E-state index contributed by atoms with van der Waals surface area (Å²) in [5.41, 5.74) is 0. The van der Waals surface area contributed by atoms with Gasteiger partial charge in [0.25, 0.3) is 0 Å². The summed E-state index contributed by atoms with van der Waals surface area (Å²) in [7, 11) is 0. The highest BCUT2D eigenvalue weighted by atomic mass is 16.6. The summed E-state index contributed by atoms with van der Waals surface area (Å²) in [6.45, 7) is 5.12. The van der Waals surface area contributed by atoms with Gasteiger partial charge in [0.05, 0.1) is 6.61 Å². The summed E-state index contributed by atoms with van der Waals surface area (Å²) in [5, 5.41) is 9.57. The number of carbonyl (C=O) groups excluding carboxylic acids is 1. The molecule has 0 aromatic rings. The lowest BCUT2D eigenvalue weighted by atomic mass is 10.0. The maximum atomic E-state index is 12.1. The highest BCUT2D eigenvalue weighted by Gasteiger charge is 2.11. The molecule has 0 aliphatic heterocycles. The molecule has 0 amide bonds. The number of aliphatic hydroxyl groups excluding tert-OH is 1. The van der Waals surface area contributed by atoms with E-state index in [9.17, 15) is 9.90 Å². The van der Waals surface area contributed by atoms with Crippen LogP contribution in [0.5, 0.6) is 0 Å². The van der Waals surface area contributed by atoms with Gasteiger partial charge in [-0.2, -0.15) is 0 Å². The van der Waals surface area contributed by atoms with E-state index in [4.69, 9.17) is 9.47 Å². The van der Waals surface area contributed by atoms with Crippen molar-refractivity contribution in [1.82, 2.24) is 0 Å². The molecule has 0 aliphatic carbocycles. The third kappa shape index (κ3) is 36.7. The van der Waals surface area contributed by atoms with E-state index >= 15 is 0 Å². The third-order valence-corrected chi connectivity index (χ3v) is 8.19. The largest absolute Gasteiger partial charge is 0.463 e. The van der Waals surface area contributed by atoms with E-state index in [0.29, 0.717) is 13.0 Å². The van der Waals surface area contributed by atoms with Crippen LogP contribution in [0.1, 0.15) is 181 Å². The first-order valence-electron chi connectivity index (χ1n) is 19.2. The first kappa shape index (κ1) is 43.4. The first-order valence-corrected chi connectivity index (χ1v) is 19.2. The van der Waals surface area contributed by atoms with Crippen molar-refractivity contribution < 1.29 is 19.4 Å². The zero-order chi connectivity index (χ0) is 32.7. The van der Waals surface area contributed by atoms with Crippen LogP contribution in [0.15, 0.2) is 48.6 Å². The van der Waals surface area contributed by atoms with Crippen LogP contribution in [-0.4, -0.2) is 37.0 Å². The minimum atomic E-state index is -0.424. The van der Waals surface area contributed by atoms with Crippen LogP contribution < -0.4 is 0 Å². The Labute approximate surface area is 280 Å². The monoisotopic (exact) mass is 631 g/mol. The van der Waals surface area contributed by atoms with Gasteiger partial charge in [-0.3, -0.25) is 4.79 Å². The lowest BCUT2D eigenvalue weighted by Gasteiger charge is -2.15. The van der Waals surface area contributed by atoms with Gasteiger partial charge in [-0.1, -0.05) is 165 Å². The van der Waals surface area contributed by atoms with Crippen molar-refractivity contribution in [1.29, 1.82) is 0 Å². The minimum absolute atomic E-state index is 0.122. The van der Waals surface area contributed by atoms with Crippen LogP contribution in [0.25, 0.3) is 0 Å². The molecular weight excluding hydrogens is 556 g/mol. The summed E-state index contributed by atoms with van der Waals surface area (Å²) in [6.07, 6.45) is 48.8. The highest BCUT2D eigenvalue weighted by Crippen LogP contribution is 2.14. The second-order valence-electron chi connectivity index (χ2n) is 12.6. The van der Waals surface area contributed by atoms with Gasteiger partial charge in [-0.25, -0.2) is 0 Å². The van der Waals surface area contributed by atoms with Crippen LogP contribution in [0.4, 0.5) is 0 Å². The standard InChI is InChI=1S/C41H74O4/c1-3-5-7-9-11-13-15-17-19-20-21-23-25-27-29-31-33-35-37-44-40(38-42)39-45-41(43)36-34-32-30-28-26-24-22-18-16-14-12-10-8-6-4-2/h11,13,17,19,21,23,27,29,40,42H,3-10,12,14-16,18,20,22,24-26,28,30-39H2,1-2H3. The predicted molar refractivity (Wildman–Crippen MR) is 196 cm³/mol. The van der Waals surface area contributed by atoms with Gasteiger partial charge in [-0.15, -0.1) is 0 Å². The molecule has 0 saturated heterocycles. The van der Waals surface area contributed by atoms with Crippen molar-refractivity contribution in [2.24, 2.45) is 0 Å². The van der Waals surface area contributed by atoms with E-state index < -0.39 is 6.10 Å². The van der Waals surface area contributed by atoms with Crippen molar-refractivity contribution in [2.75, 3.05) is 19.8 Å². The molecule has 0 aromatic carbocycles. The molecule has 0 saturated carbocycles. The van der Waals surface area contributed by atoms with Crippen LogP contribution in [0.2, 0.25) is 0 Å². The molecular formula is C41H74O4. The Morgan fingerprint density at radius 3 is 1.40 bits per heavy atom. The Morgan fingerprint density at radius 1 is 0.533 bits per heavy atom. The smallest absolute Gasteiger partial charge is 0.305 e. The molecule has 0 radical (unpaired) electrons. The fourth-order valence-electron chi connectivity index (χ4n) is 5.23. The molecule has 0 bridgehead atoms. The normalized spacial score (nSPS) is 12.9. The second kappa shape index (κ2) is 38.5. The zero-order valence-electron chi connectivity index (χ0n) is 29.9. The minimum Gasteiger partial charge on any atom is -0.463 e. The fourth-order valence-corrected chi connectivity index (χ4v) is 5.23. The number of rotatable bonds is 35. The molecule has 1 N–H and O–H groups in total.